The quantitative estimate of drug-likeness (QED) is 0.830. The molecule has 0 bridgehead atoms. The highest BCUT2D eigenvalue weighted by Crippen LogP contribution is 2.31. The zero-order chi connectivity index (χ0) is 15.3. The van der Waals surface area contributed by atoms with Crippen LogP contribution in [-0.2, 0) is 4.79 Å². The van der Waals surface area contributed by atoms with Crippen LogP contribution in [0.2, 0.25) is 0 Å². The number of aromatic nitrogens is 1. The Bertz CT molecular complexity index is 614. The Hall–Kier alpha value is -2.01. The highest BCUT2D eigenvalue weighted by molar-refractivity contribution is 7.99. The maximum atomic E-state index is 12.4. The van der Waals surface area contributed by atoms with Crippen molar-refractivity contribution in [3.8, 4) is 0 Å². The third kappa shape index (κ3) is 4.23. The Labute approximate surface area is 129 Å². The lowest BCUT2D eigenvalue weighted by Gasteiger charge is -2.23. The Balaban J connectivity index is 1.98. The van der Waals surface area contributed by atoms with Crippen LogP contribution in [0.1, 0.15) is 13.8 Å². The minimum absolute atomic E-state index is 0.00572. The second kappa shape index (κ2) is 6.63. The topological polar surface area (TPSA) is 68.0 Å². The molecule has 21 heavy (non-hydrogen) atoms. The smallest absolute Gasteiger partial charge is 0.230 e. The van der Waals surface area contributed by atoms with Gasteiger partial charge < -0.3 is 11.1 Å². The molecule has 3 N–H and O–H groups in total. The number of nitrogen functional groups attached to an aromatic ring is 1. The summed E-state index contributed by atoms with van der Waals surface area (Å²) in [5.74, 6) is 0.633. The van der Waals surface area contributed by atoms with Crippen molar-refractivity contribution < 1.29 is 4.79 Å². The molecule has 0 aliphatic carbocycles. The molecule has 0 aliphatic heterocycles. The summed E-state index contributed by atoms with van der Waals surface area (Å²) >= 11 is 1.57. The van der Waals surface area contributed by atoms with Crippen LogP contribution in [0, 0.1) is 5.41 Å². The fourth-order valence-corrected chi connectivity index (χ4v) is 2.69. The van der Waals surface area contributed by atoms with Crippen molar-refractivity contribution in [3.05, 3.63) is 48.8 Å². The second-order valence-electron chi connectivity index (χ2n) is 5.41. The highest BCUT2D eigenvalue weighted by Gasteiger charge is 2.28. The first-order valence-corrected chi connectivity index (χ1v) is 7.66. The molecule has 2 aromatic rings. The number of nitrogens with zero attached hydrogens (tertiary/aromatic N) is 1. The van der Waals surface area contributed by atoms with Crippen molar-refractivity contribution in [3.63, 3.8) is 0 Å². The number of nitrogens with one attached hydrogen (secondary N) is 1. The number of pyridine rings is 1. The van der Waals surface area contributed by atoms with Gasteiger partial charge in [0.25, 0.3) is 0 Å². The van der Waals surface area contributed by atoms with Crippen LogP contribution in [0.15, 0.2) is 53.7 Å². The van der Waals surface area contributed by atoms with Gasteiger partial charge in [0.15, 0.2) is 0 Å². The van der Waals surface area contributed by atoms with E-state index in [1.807, 2.05) is 50.2 Å². The number of benzene rings is 1. The van der Waals surface area contributed by atoms with Crippen LogP contribution >= 0.6 is 11.8 Å². The summed E-state index contributed by atoms with van der Waals surface area (Å²) in [5.41, 5.74) is 6.81. The molecule has 0 saturated carbocycles. The van der Waals surface area contributed by atoms with E-state index in [1.54, 1.807) is 24.2 Å². The van der Waals surface area contributed by atoms with Gasteiger partial charge >= 0.3 is 0 Å². The standard InChI is InChI=1S/C16H19N3OS/c1-16(2,11-21-14-8-9-18-10-13(14)17)15(20)19-12-6-4-3-5-7-12/h3-10H,11,17H2,1-2H3,(H,19,20). The van der Waals surface area contributed by atoms with Gasteiger partial charge in [-0.25, -0.2) is 0 Å². The predicted molar refractivity (Wildman–Crippen MR) is 88.2 cm³/mol. The number of carbonyl (C=O) groups excluding carboxylic acids is 1. The van der Waals surface area contributed by atoms with Gasteiger partial charge in [0.2, 0.25) is 5.91 Å². The Morgan fingerprint density at radius 1 is 1.29 bits per heavy atom. The number of carbonyl (C=O) groups is 1. The van der Waals surface area contributed by atoms with E-state index in [4.69, 9.17) is 5.73 Å². The zero-order valence-corrected chi connectivity index (χ0v) is 13.0. The van der Waals surface area contributed by atoms with E-state index in [1.165, 1.54) is 0 Å². The molecule has 0 fully saturated rings. The minimum atomic E-state index is -0.504. The number of amides is 1. The number of rotatable bonds is 5. The van der Waals surface area contributed by atoms with Gasteiger partial charge in [-0.15, -0.1) is 11.8 Å². The molecule has 0 radical (unpaired) electrons. The summed E-state index contributed by atoms with van der Waals surface area (Å²) in [6, 6.07) is 11.3. The van der Waals surface area contributed by atoms with Crippen LogP contribution < -0.4 is 11.1 Å². The van der Waals surface area contributed by atoms with Crippen LogP contribution in [0.25, 0.3) is 0 Å². The third-order valence-electron chi connectivity index (χ3n) is 3.04. The van der Waals surface area contributed by atoms with Crippen LogP contribution in [0.4, 0.5) is 11.4 Å². The van der Waals surface area contributed by atoms with Crippen LogP contribution in [0.3, 0.4) is 0 Å². The molecule has 5 heteroatoms. The van der Waals surface area contributed by atoms with Gasteiger partial charge in [-0.2, -0.15) is 0 Å². The Morgan fingerprint density at radius 2 is 2.00 bits per heavy atom. The monoisotopic (exact) mass is 301 g/mol. The summed E-state index contributed by atoms with van der Waals surface area (Å²) in [7, 11) is 0. The van der Waals surface area contributed by atoms with Gasteiger partial charge in [-0.1, -0.05) is 32.0 Å². The number of hydrogen-bond donors (Lipinski definition) is 2. The van der Waals surface area contributed by atoms with E-state index >= 15 is 0 Å². The predicted octanol–water partition coefficient (Wildman–Crippen LogP) is 3.42. The molecule has 0 unspecified atom stereocenters. The largest absolute Gasteiger partial charge is 0.397 e. The molecule has 1 aromatic carbocycles. The first-order chi connectivity index (χ1) is 9.99. The summed E-state index contributed by atoms with van der Waals surface area (Å²) < 4.78 is 0. The van der Waals surface area contributed by atoms with E-state index in [2.05, 4.69) is 10.3 Å². The molecule has 1 amide bonds. The van der Waals surface area contributed by atoms with Gasteiger partial charge in [-0.05, 0) is 18.2 Å². The van der Waals surface area contributed by atoms with Crippen molar-refractivity contribution in [1.29, 1.82) is 0 Å². The lowest BCUT2D eigenvalue weighted by Crippen LogP contribution is -2.32. The molecule has 1 heterocycles. The molecule has 2 rings (SSSR count). The molecule has 0 spiro atoms. The van der Waals surface area contributed by atoms with Crippen molar-refractivity contribution in [2.75, 3.05) is 16.8 Å². The van der Waals surface area contributed by atoms with E-state index in [9.17, 15) is 4.79 Å². The third-order valence-corrected chi connectivity index (χ3v) is 4.59. The first-order valence-electron chi connectivity index (χ1n) is 6.68. The lowest BCUT2D eigenvalue weighted by atomic mass is 9.95. The molecule has 1 aromatic heterocycles. The number of thioether (sulfide) groups is 1. The van der Waals surface area contributed by atoms with Crippen molar-refractivity contribution in [2.24, 2.45) is 5.41 Å². The number of hydrogen-bond acceptors (Lipinski definition) is 4. The van der Waals surface area contributed by atoms with Crippen molar-refractivity contribution in [1.82, 2.24) is 4.98 Å². The minimum Gasteiger partial charge on any atom is -0.397 e. The fraction of sp³-hybridized carbons (Fsp3) is 0.250. The second-order valence-corrected chi connectivity index (χ2v) is 6.42. The Kier molecular flexibility index (Phi) is 4.85. The fourth-order valence-electron chi connectivity index (χ4n) is 1.67. The SMILES string of the molecule is CC(C)(CSc1ccncc1N)C(=O)Nc1ccccc1. The Morgan fingerprint density at radius 3 is 2.67 bits per heavy atom. The molecular formula is C16H19N3OS. The lowest BCUT2D eigenvalue weighted by molar-refractivity contribution is -0.122. The maximum absolute atomic E-state index is 12.4. The highest BCUT2D eigenvalue weighted by atomic mass is 32.2. The summed E-state index contributed by atoms with van der Waals surface area (Å²) in [4.78, 5) is 17.3. The average molecular weight is 301 g/mol. The van der Waals surface area contributed by atoms with Crippen LogP contribution in [0.5, 0.6) is 0 Å². The van der Waals surface area contributed by atoms with Gasteiger partial charge in [0.05, 0.1) is 17.3 Å². The molecule has 4 nitrogen and oxygen atoms in total. The van der Waals surface area contributed by atoms with Gasteiger partial charge in [-0.3, -0.25) is 9.78 Å². The van der Waals surface area contributed by atoms with E-state index in [0.717, 1.165) is 10.6 Å². The van der Waals surface area contributed by atoms with E-state index < -0.39 is 5.41 Å². The summed E-state index contributed by atoms with van der Waals surface area (Å²) in [5, 5.41) is 2.94. The average Bonchev–Trinajstić information content (AvgIpc) is 2.47. The molecule has 0 saturated heterocycles. The maximum Gasteiger partial charge on any atom is 0.230 e. The summed E-state index contributed by atoms with van der Waals surface area (Å²) in [6.07, 6.45) is 3.33. The van der Waals surface area contributed by atoms with E-state index in [0.29, 0.717) is 11.4 Å². The van der Waals surface area contributed by atoms with Crippen molar-refractivity contribution >= 4 is 29.0 Å². The van der Waals surface area contributed by atoms with Gasteiger partial charge in [0.1, 0.15) is 0 Å². The number of nitrogens with two attached hydrogens (primary N) is 1. The van der Waals surface area contributed by atoms with Crippen molar-refractivity contribution in [2.45, 2.75) is 18.7 Å². The molecular weight excluding hydrogens is 282 g/mol. The summed E-state index contributed by atoms with van der Waals surface area (Å²) in [6.45, 7) is 3.85. The normalized spacial score (nSPS) is 11.1. The first kappa shape index (κ1) is 15.4. The molecule has 0 atom stereocenters. The molecule has 0 aliphatic rings. The molecule has 110 valence electrons. The number of anilines is 2. The van der Waals surface area contributed by atoms with E-state index in [-0.39, 0.29) is 5.91 Å². The van der Waals surface area contributed by atoms with Crippen LogP contribution in [-0.4, -0.2) is 16.6 Å². The zero-order valence-electron chi connectivity index (χ0n) is 12.2. The van der Waals surface area contributed by atoms with Gasteiger partial charge in [0, 0.05) is 22.5 Å². The number of para-hydroxylation sites is 1.